The third-order valence-electron chi connectivity index (χ3n) is 1.54. The largest absolute Gasteiger partial charge is 0.382 e. The molecule has 88 valence electrons. The van der Waals surface area contributed by atoms with Gasteiger partial charge in [0.15, 0.2) is 11.6 Å². The average Bonchev–Trinajstić information content (AvgIpc) is 2.51. The van der Waals surface area contributed by atoms with Crippen molar-refractivity contribution in [3.8, 4) is 0 Å². The number of rotatable bonds is 1. The maximum atomic E-state index is 5.57. The zero-order valence-electron chi connectivity index (χ0n) is 11.0. The summed E-state index contributed by atoms with van der Waals surface area (Å²) < 4.78 is 1.67. The van der Waals surface area contributed by atoms with Gasteiger partial charge in [-0.05, 0) is 13.8 Å². The lowest BCUT2D eigenvalue weighted by atomic mass is 10.3. The molecule has 1 heterocycles. The van der Waals surface area contributed by atoms with E-state index >= 15 is 0 Å². The van der Waals surface area contributed by atoms with Crippen molar-refractivity contribution in [1.82, 2.24) is 9.78 Å². The van der Waals surface area contributed by atoms with Crippen molar-refractivity contribution in [2.75, 3.05) is 5.73 Å². The second kappa shape index (κ2) is 9.24. The average molecular weight is 212 g/mol. The van der Waals surface area contributed by atoms with Crippen LogP contribution in [0.5, 0.6) is 0 Å². The van der Waals surface area contributed by atoms with Crippen LogP contribution in [0.15, 0.2) is 4.99 Å². The first kappa shape index (κ1) is 16.1. The summed E-state index contributed by atoms with van der Waals surface area (Å²) in [7, 11) is 1.83. The highest BCUT2D eigenvalue weighted by Crippen LogP contribution is 2.21. The predicted molar refractivity (Wildman–Crippen MR) is 68.9 cm³/mol. The highest BCUT2D eigenvalue weighted by Gasteiger charge is 2.06. The lowest BCUT2D eigenvalue weighted by molar-refractivity contribution is 0.775. The molecule has 0 unspecified atom stereocenters. The van der Waals surface area contributed by atoms with Crippen molar-refractivity contribution in [3.05, 3.63) is 5.56 Å². The van der Waals surface area contributed by atoms with Crippen molar-refractivity contribution < 1.29 is 0 Å². The van der Waals surface area contributed by atoms with Crippen molar-refractivity contribution in [2.45, 2.75) is 41.5 Å². The number of nitrogens with two attached hydrogens (primary N) is 1. The van der Waals surface area contributed by atoms with Gasteiger partial charge in [-0.15, -0.1) is 0 Å². The molecule has 0 aliphatic rings. The van der Waals surface area contributed by atoms with Gasteiger partial charge in [0, 0.05) is 18.8 Å². The van der Waals surface area contributed by atoms with Gasteiger partial charge in [0.05, 0.1) is 0 Å². The highest BCUT2D eigenvalue weighted by molar-refractivity contribution is 5.63. The topological polar surface area (TPSA) is 56.2 Å². The van der Waals surface area contributed by atoms with Gasteiger partial charge in [-0.1, -0.05) is 27.7 Å². The predicted octanol–water partition coefficient (Wildman–Crippen LogP) is 3.09. The van der Waals surface area contributed by atoms with E-state index in [2.05, 4.69) is 10.1 Å². The van der Waals surface area contributed by atoms with Crippen LogP contribution in [0.4, 0.5) is 11.6 Å². The Hall–Kier alpha value is -1.32. The van der Waals surface area contributed by atoms with E-state index in [1.54, 1.807) is 10.9 Å². The number of aryl methyl sites for hydroxylation is 1. The molecule has 0 aliphatic carbocycles. The van der Waals surface area contributed by atoms with Gasteiger partial charge in [0.1, 0.15) is 0 Å². The van der Waals surface area contributed by atoms with Crippen LogP contribution in [-0.2, 0) is 7.05 Å². The van der Waals surface area contributed by atoms with Gasteiger partial charge in [-0.25, -0.2) is 9.67 Å². The molecule has 0 aliphatic heterocycles. The Morgan fingerprint density at radius 2 is 1.73 bits per heavy atom. The van der Waals surface area contributed by atoms with E-state index in [1.807, 2.05) is 48.6 Å². The first-order valence-corrected chi connectivity index (χ1v) is 5.44. The molecule has 0 spiro atoms. The zero-order valence-corrected chi connectivity index (χ0v) is 11.0. The minimum absolute atomic E-state index is 0.549. The van der Waals surface area contributed by atoms with Gasteiger partial charge >= 0.3 is 0 Å². The molecular formula is C11H24N4. The number of aromatic nitrogens is 2. The maximum absolute atomic E-state index is 5.57. The van der Waals surface area contributed by atoms with Crippen LogP contribution >= 0.6 is 0 Å². The minimum atomic E-state index is 0.549. The smallest absolute Gasteiger partial charge is 0.154 e. The highest BCUT2D eigenvalue weighted by atomic mass is 15.3. The molecule has 0 bridgehead atoms. The van der Waals surface area contributed by atoms with E-state index in [0.717, 1.165) is 11.4 Å². The Labute approximate surface area is 93.2 Å². The molecule has 4 nitrogen and oxygen atoms in total. The summed E-state index contributed by atoms with van der Waals surface area (Å²) in [6, 6.07) is 0. The SMILES string of the molecule is C/C=N\c1c(C)c(N)nn1C.CC.CC. The van der Waals surface area contributed by atoms with E-state index < -0.39 is 0 Å². The molecule has 0 saturated heterocycles. The van der Waals surface area contributed by atoms with Crippen molar-refractivity contribution in [3.63, 3.8) is 0 Å². The summed E-state index contributed by atoms with van der Waals surface area (Å²) >= 11 is 0. The molecule has 1 rings (SSSR count). The third-order valence-corrected chi connectivity index (χ3v) is 1.54. The quantitative estimate of drug-likeness (QED) is 0.727. The van der Waals surface area contributed by atoms with Crippen LogP contribution in [0.2, 0.25) is 0 Å². The van der Waals surface area contributed by atoms with E-state index in [4.69, 9.17) is 5.73 Å². The van der Waals surface area contributed by atoms with E-state index in [9.17, 15) is 0 Å². The third kappa shape index (κ3) is 4.63. The molecule has 1 aromatic rings. The lowest BCUT2D eigenvalue weighted by Crippen LogP contribution is -1.91. The second-order valence-corrected chi connectivity index (χ2v) is 2.34. The Morgan fingerprint density at radius 3 is 2.00 bits per heavy atom. The van der Waals surface area contributed by atoms with Crippen LogP contribution < -0.4 is 5.73 Å². The molecule has 0 fully saturated rings. The summed E-state index contributed by atoms with van der Waals surface area (Å²) in [4.78, 5) is 4.12. The van der Waals surface area contributed by atoms with Crippen molar-refractivity contribution in [2.24, 2.45) is 12.0 Å². The van der Waals surface area contributed by atoms with E-state index in [-0.39, 0.29) is 0 Å². The van der Waals surface area contributed by atoms with E-state index in [1.165, 1.54) is 0 Å². The molecule has 0 aromatic carbocycles. The number of anilines is 1. The van der Waals surface area contributed by atoms with Gasteiger partial charge < -0.3 is 5.73 Å². The van der Waals surface area contributed by atoms with Crippen molar-refractivity contribution in [1.29, 1.82) is 0 Å². The van der Waals surface area contributed by atoms with Gasteiger partial charge in [-0.2, -0.15) is 5.10 Å². The van der Waals surface area contributed by atoms with Crippen LogP contribution in [0.3, 0.4) is 0 Å². The number of nitrogen functional groups attached to an aromatic ring is 1. The normalized spacial score (nSPS) is 9.00. The number of aliphatic imine (C=N–C) groups is 1. The first-order chi connectivity index (χ1) is 7.16. The van der Waals surface area contributed by atoms with Gasteiger partial charge in [0.25, 0.3) is 0 Å². The number of nitrogens with zero attached hydrogens (tertiary/aromatic N) is 3. The van der Waals surface area contributed by atoms with Crippen LogP contribution in [0.1, 0.15) is 40.2 Å². The molecule has 0 atom stereocenters. The Bertz CT molecular complexity index is 287. The Balaban J connectivity index is 0. The maximum Gasteiger partial charge on any atom is 0.154 e. The van der Waals surface area contributed by atoms with Crippen LogP contribution in [0, 0.1) is 6.92 Å². The number of hydrogen-bond donors (Lipinski definition) is 1. The number of hydrogen-bond acceptors (Lipinski definition) is 3. The minimum Gasteiger partial charge on any atom is -0.382 e. The molecule has 2 N–H and O–H groups in total. The molecule has 15 heavy (non-hydrogen) atoms. The van der Waals surface area contributed by atoms with Crippen molar-refractivity contribution >= 4 is 17.9 Å². The summed E-state index contributed by atoms with van der Waals surface area (Å²) in [5, 5.41) is 4.01. The second-order valence-electron chi connectivity index (χ2n) is 2.34. The Morgan fingerprint density at radius 1 is 1.27 bits per heavy atom. The fraction of sp³-hybridized carbons (Fsp3) is 0.636. The Kier molecular flexibility index (Phi) is 9.94. The van der Waals surface area contributed by atoms with Crippen LogP contribution in [-0.4, -0.2) is 16.0 Å². The standard InChI is InChI=1S/C7H12N4.2C2H6/c1-4-9-7-5(2)6(8)10-11(7)3;2*1-2/h4H,1-3H3,(H2,8,10);2*1-2H3/b9-4-;;. The molecule has 0 radical (unpaired) electrons. The van der Waals surface area contributed by atoms with E-state index in [0.29, 0.717) is 5.82 Å². The first-order valence-electron chi connectivity index (χ1n) is 5.44. The molecular weight excluding hydrogens is 188 g/mol. The molecule has 1 aromatic heterocycles. The monoisotopic (exact) mass is 212 g/mol. The lowest BCUT2D eigenvalue weighted by Gasteiger charge is -1.92. The fourth-order valence-corrected chi connectivity index (χ4v) is 0.944. The summed E-state index contributed by atoms with van der Waals surface area (Å²) in [5.41, 5.74) is 6.50. The zero-order chi connectivity index (χ0) is 12.4. The fourth-order valence-electron chi connectivity index (χ4n) is 0.944. The summed E-state index contributed by atoms with van der Waals surface area (Å²) in [6.45, 7) is 11.8. The van der Waals surface area contributed by atoms with Crippen LogP contribution in [0.25, 0.3) is 0 Å². The molecule has 4 heteroatoms. The summed E-state index contributed by atoms with van der Waals surface area (Å²) in [6.07, 6.45) is 1.73. The molecule has 0 saturated carbocycles. The van der Waals surface area contributed by atoms with Gasteiger partial charge in [-0.3, -0.25) is 0 Å². The molecule has 0 amide bonds. The summed E-state index contributed by atoms with van der Waals surface area (Å²) in [5.74, 6) is 1.37. The van der Waals surface area contributed by atoms with Gasteiger partial charge in [0.2, 0.25) is 0 Å².